The zero-order valence-electron chi connectivity index (χ0n) is 8.16. The zero-order valence-corrected chi connectivity index (χ0v) is 8.16. The van der Waals surface area contributed by atoms with Gasteiger partial charge in [0.05, 0.1) is 6.04 Å². The number of carbonyl (C=O) groups is 1. The number of H-pyrrole nitrogens is 1. The van der Waals surface area contributed by atoms with Gasteiger partial charge < -0.3 is 11.1 Å². The van der Waals surface area contributed by atoms with Crippen molar-refractivity contribution in [1.29, 1.82) is 0 Å². The normalized spacial score (nSPS) is 12.4. The van der Waals surface area contributed by atoms with Crippen LogP contribution >= 0.6 is 0 Å². The van der Waals surface area contributed by atoms with Gasteiger partial charge in [0, 0.05) is 13.0 Å². The van der Waals surface area contributed by atoms with Crippen molar-refractivity contribution in [3.8, 4) is 0 Å². The summed E-state index contributed by atoms with van der Waals surface area (Å²) in [7, 11) is 0. The van der Waals surface area contributed by atoms with Gasteiger partial charge in [0.25, 0.3) is 0 Å². The highest BCUT2D eigenvalue weighted by Gasteiger charge is 2.09. The van der Waals surface area contributed by atoms with Crippen molar-refractivity contribution in [3.05, 3.63) is 12.2 Å². The van der Waals surface area contributed by atoms with Gasteiger partial charge in [-0.05, 0) is 6.42 Å². The maximum absolute atomic E-state index is 11.2. The van der Waals surface area contributed by atoms with Crippen LogP contribution in [0.4, 0.5) is 0 Å². The Labute approximate surface area is 82.3 Å². The van der Waals surface area contributed by atoms with Crippen LogP contribution in [0.3, 0.4) is 0 Å². The topological polar surface area (TPSA) is 96.7 Å². The summed E-state index contributed by atoms with van der Waals surface area (Å²) >= 11 is 0. The van der Waals surface area contributed by atoms with E-state index in [1.807, 2.05) is 6.92 Å². The standard InChI is InChI=1S/C8H15N5O/c1-2-6(9)8(14)10-4-3-7-11-5-12-13-7/h5-6H,2-4,9H2,1H3,(H,10,14)(H,11,12,13). The largest absolute Gasteiger partial charge is 0.354 e. The number of nitrogens with two attached hydrogens (primary N) is 1. The Hall–Kier alpha value is -1.43. The Bertz CT molecular complexity index is 271. The van der Waals surface area contributed by atoms with Crippen LogP contribution in [0, 0.1) is 0 Å². The number of carbonyl (C=O) groups excluding carboxylic acids is 1. The van der Waals surface area contributed by atoms with Crippen LogP contribution < -0.4 is 11.1 Å². The maximum atomic E-state index is 11.2. The van der Waals surface area contributed by atoms with E-state index in [0.717, 1.165) is 5.82 Å². The summed E-state index contributed by atoms with van der Waals surface area (Å²) in [6.07, 6.45) is 2.73. The molecule has 0 bridgehead atoms. The summed E-state index contributed by atoms with van der Waals surface area (Å²) in [5.74, 6) is 0.641. The van der Waals surface area contributed by atoms with E-state index in [0.29, 0.717) is 19.4 Å². The lowest BCUT2D eigenvalue weighted by molar-refractivity contribution is -0.122. The summed E-state index contributed by atoms with van der Waals surface area (Å²) in [6, 6.07) is -0.412. The molecule has 6 nitrogen and oxygen atoms in total. The maximum Gasteiger partial charge on any atom is 0.236 e. The molecular formula is C8H15N5O. The first-order valence-corrected chi connectivity index (χ1v) is 4.61. The third kappa shape index (κ3) is 3.14. The zero-order chi connectivity index (χ0) is 10.4. The molecule has 0 fully saturated rings. The molecule has 0 saturated carbocycles. The predicted octanol–water partition coefficient (Wildman–Crippen LogP) is -0.799. The molecule has 0 spiro atoms. The van der Waals surface area contributed by atoms with Crippen molar-refractivity contribution in [2.24, 2.45) is 5.73 Å². The Balaban J connectivity index is 2.18. The van der Waals surface area contributed by atoms with Gasteiger partial charge in [-0.3, -0.25) is 9.89 Å². The van der Waals surface area contributed by atoms with Crippen LogP contribution in [0.2, 0.25) is 0 Å². The number of rotatable bonds is 5. The average molecular weight is 197 g/mol. The first kappa shape index (κ1) is 10.6. The monoisotopic (exact) mass is 197 g/mol. The summed E-state index contributed by atoms with van der Waals surface area (Å²) in [4.78, 5) is 15.1. The lowest BCUT2D eigenvalue weighted by Crippen LogP contribution is -2.40. The molecule has 1 atom stereocenters. The highest BCUT2D eigenvalue weighted by molar-refractivity contribution is 5.81. The minimum Gasteiger partial charge on any atom is -0.354 e. The fourth-order valence-corrected chi connectivity index (χ4v) is 0.972. The third-order valence-electron chi connectivity index (χ3n) is 1.90. The fraction of sp³-hybridized carbons (Fsp3) is 0.625. The van der Waals surface area contributed by atoms with Crippen LogP contribution in [0.1, 0.15) is 19.2 Å². The summed E-state index contributed by atoms with van der Waals surface area (Å²) in [5.41, 5.74) is 5.53. The van der Waals surface area contributed by atoms with Gasteiger partial charge >= 0.3 is 0 Å². The van der Waals surface area contributed by atoms with Crippen molar-refractivity contribution in [1.82, 2.24) is 20.5 Å². The Morgan fingerprint density at radius 3 is 3.14 bits per heavy atom. The number of hydrogen-bond donors (Lipinski definition) is 3. The number of hydrogen-bond acceptors (Lipinski definition) is 4. The van der Waals surface area contributed by atoms with Crippen molar-refractivity contribution < 1.29 is 4.79 Å². The van der Waals surface area contributed by atoms with Crippen LogP contribution in [0.5, 0.6) is 0 Å². The van der Waals surface area contributed by atoms with Gasteiger partial charge in [-0.2, -0.15) is 5.10 Å². The number of aromatic amines is 1. The second kappa shape index (κ2) is 5.33. The van der Waals surface area contributed by atoms with Crippen molar-refractivity contribution in [3.63, 3.8) is 0 Å². The van der Waals surface area contributed by atoms with Gasteiger partial charge in [-0.15, -0.1) is 0 Å². The molecule has 1 aromatic rings. The highest BCUT2D eigenvalue weighted by atomic mass is 16.2. The van der Waals surface area contributed by atoms with Gasteiger partial charge in [-0.1, -0.05) is 6.92 Å². The minimum absolute atomic E-state index is 0.119. The minimum atomic E-state index is -0.412. The number of nitrogens with one attached hydrogen (secondary N) is 2. The molecule has 1 unspecified atom stereocenters. The number of nitrogens with zero attached hydrogens (tertiary/aromatic N) is 2. The second-order valence-electron chi connectivity index (χ2n) is 2.99. The van der Waals surface area contributed by atoms with E-state index in [1.165, 1.54) is 6.33 Å². The molecule has 1 amide bonds. The molecule has 0 aromatic carbocycles. The van der Waals surface area contributed by atoms with Crippen molar-refractivity contribution in [2.75, 3.05) is 6.54 Å². The van der Waals surface area contributed by atoms with E-state index in [9.17, 15) is 4.79 Å². The second-order valence-corrected chi connectivity index (χ2v) is 2.99. The van der Waals surface area contributed by atoms with Gasteiger partial charge in [0.15, 0.2) is 0 Å². The molecule has 6 heteroatoms. The van der Waals surface area contributed by atoms with Crippen LogP contribution in [0.15, 0.2) is 6.33 Å². The summed E-state index contributed by atoms with van der Waals surface area (Å²) in [6.45, 7) is 2.41. The summed E-state index contributed by atoms with van der Waals surface area (Å²) in [5, 5.41) is 9.13. The van der Waals surface area contributed by atoms with E-state index in [-0.39, 0.29) is 5.91 Å². The van der Waals surface area contributed by atoms with Crippen LogP contribution in [-0.2, 0) is 11.2 Å². The molecule has 0 saturated heterocycles. The molecule has 0 aliphatic rings. The Morgan fingerprint density at radius 2 is 2.57 bits per heavy atom. The van der Waals surface area contributed by atoms with Gasteiger partial charge in [0.2, 0.25) is 5.91 Å². The summed E-state index contributed by atoms with van der Waals surface area (Å²) < 4.78 is 0. The fourth-order valence-electron chi connectivity index (χ4n) is 0.972. The molecule has 0 aliphatic heterocycles. The SMILES string of the molecule is CCC(N)C(=O)NCCc1ncn[nH]1. The van der Waals surface area contributed by atoms with E-state index in [4.69, 9.17) is 5.73 Å². The molecule has 1 aromatic heterocycles. The number of amides is 1. The molecule has 1 rings (SSSR count). The average Bonchev–Trinajstić information content (AvgIpc) is 2.69. The van der Waals surface area contributed by atoms with Crippen LogP contribution in [0.25, 0.3) is 0 Å². The number of aromatic nitrogens is 3. The molecule has 0 aliphatic carbocycles. The third-order valence-corrected chi connectivity index (χ3v) is 1.90. The molecule has 1 heterocycles. The molecule has 0 radical (unpaired) electrons. The van der Waals surface area contributed by atoms with Gasteiger partial charge in [-0.25, -0.2) is 4.98 Å². The lowest BCUT2D eigenvalue weighted by Gasteiger charge is -2.08. The molecule has 78 valence electrons. The van der Waals surface area contributed by atoms with Crippen LogP contribution in [-0.4, -0.2) is 33.7 Å². The Morgan fingerprint density at radius 1 is 1.79 bits per heavy atom. The van der Waals surface area contributed by atoms with Crippen molar-refractivity contribution >= 4 is 5.91 Å². The lowest BCUT2D eigenvalue weighted by atomic mass is 10.2. The first-order valence-electron chi connectivity index (χ1n) is 4.61. The van der Waals surface area contributed by atoms with Gasteiger partial charge in [0.1, 0.15) is 12.2 Å². The van der Waals surface area contributed by atoms with E-state index in [1.54, 1.807) is 0 Å². The highest BCUT2D eigenvalue weighted by Crippen LogP contribution is 1.88. The first-order chi connectivity index (χ1) is 6.74. The smallest absolute Gasteiger partial charge is 0.236 e. The predicted molar refractivity (Wildman–Crippen MR) is 51.4 cm³/mol. The van der Waals surface area contributed by atoms with E-state index < -0.39 is 6.04 Å². The molecular weight excluding hydrogens is 182 g/mol. The quantitative estimate of drug-likeness (QED) is 0.575. The van der Waals surface area contributed by atoms with E-state index >= 15 is 0 Å². The molecule has 14 heavy (non-hydrogen) atoms. The van der Waals surface area contributed by atoms with E-state index in [2.05, 4.69) is 20.5 Å². The Kier molecular flexibility index (Phi) is 4.06. The van der Waals surface area contributed by atoms with Crippen molar-refractivity contribution in [2.45, 2.75) is 25.8 Å². The molecule has 4 N–H and O–H groups in total.